The predicted octanol–water partition coefficient (Wildman–Crippen LogP) is 4.99. The summed E-state index contributed by atoms with van der Waals surface area (Å²) >= 11 is 0. The molecule has 0 saturated heterocycles. The van der Waals surface area contributed by atoms with Crippen molar-refractivity contribution in [2.24, 2.45) is 0 Å². The molecule has 0 saturated carbocycles. The molecule has 25 heavy (non-hydrogen) atoms. The lowest BCUT2D eigenvalue weighted by molar-refractivity contribution is -0.139. The Kier molecular flexibility index (Phi) is 5.90. The summed E-state index contributed by atoms with van der Waals surface area (Å²) in [5, 5.41) is 0. The molecule has 7 heteroatoms. The van der Waals surface area contributed by atoms with Crippen LogP contribution < -0.4 is 9.47 Å². The molecule has 0 fully saturated rings. The number of carbonyl (C=O) groups excluding carboxylic acids is 1. The normalized spacial score (nSPS) is 11.1. The van der Waals surface area contributed by atoms with E-state index in [1.54, 1.807) is 31.2 Å². The van der Waals surface area contributed by atoms with E-state index in [4.69, 9.17) is 9.47 Å². The quantitative estimate of drug-likeness (QED) is 0.560. The van der Waals surface area contributed by atoms with Gasteiger partial charge in [0.1, 0.15) is 18.1 Å². The summed E-state index contributed by atoms with van der Waals surface area (Å²) < 4.78 is 54.4. The fourth-order valence-corrected chi connectivity index (χ4v) is 2.15. The zero-order valence-corrected chi connectivity index (χ0v) is 13.7. The first-order valence-electron chi connectivity index (χ1n) is 7.51. The van der Waals surface area contributed by atoms with E-state index in [2.05, 4.69) is 4.74 Å². The number of halogens is 3. The average Bonchev–Trinajstić information content (AvgIpc) is 2.60. The summed E-state index contributed by atoms with van der Waals surface area (Å²) in [4.78, 5) is 11.2. The van der Waals surface area contributed by atoms with Gasteiger partial charge in [0.05, 0.1) is 12.7 Å². The van der Waals surface area contributed by atoms with Gasteiger partial charge in [0.25, 0.3) is 0 Å². The van der Waals surface area contributed by atoms with Crippen LogP contribution in [0.1, 0.15) is 23.6 Å². The maximum absolute atomic E-state index is 13.2. The van der Waals surface area contributed by atoms with Crippen LogP contribution in [-0.2, 0) is 23.9 Å². The van der Waals surface area contributed by atoms with Crippen molar-refractivity contribution in [3.05, 3.63) is 59.2 Å². The number of hydrogen-bond acceptors (Lipinski definition) is 4. The Hall–Kier alpha value is -2.70. The van der Waals surface area contributed by atoms with E-state index in [9.17, 15) is 18.0 Å². The molecule has 0 aliphatic carbocycles. The van der Waals surface area contributed by atoms with Gasteiger partial charge in [0.2, 0.25) is 0 Å². The van der Waals surface area contributed by atoms with Crippen LogP contribution in [0.3, 0.4) is 0 Å². The van der Waals surface area contributed by atoms with Crippen LogP contribution in [-0.4, -0.2) is 13.3 Å². The fraction of sp³-hybridized carbons (Fsp3) is 0.278. The number of para-hydroxylation sites is 1. The molecule has 0 spiro atoms. The summed E-state index contributed by atoms with van der Waals surface area (Å²) in [6, 6.07) is 10.3. The molecule has 0 radical (unpaired) electrons. The molecule has 0 aromatic heterocycles. The second-order valence-corrected chi connectivity index (χ2v) is 5.13. The van der Waals surface area contributed by atoms with Crippen molar-refractivity contribution in [1.82, 2.24) is 0 Å². The lowest BCUT2D eigenvalue weighted by atomic mass is 10.1. The Morgan fingerprint density at radius 1 is 1.08 bits per heavy atom. The number of ether oxygens (including phenoxy) is 3. The Balaban J connectivity index is 2.23. The summed E-state index contributed by atoms with van der Waals surface area (Å²) in [7, 11) is 1.16. The minimum absolute atomic E-state index is 0.160. The molecule has 0 aliphatic rings. The first-order valence-corrected chi connectivity index (χ1v) is 7.51. The second kappa shape index (κ2) is 7.92. The highest BCUT2D eigenvalue weighted by molar-refractivity contribution is 5.64. The van der Waals surface area contributed by atoms with Crippen LogP contribution in [0, 0.1) is 0 Å². The van der Waals surface area contributed by atoms with Crippen molar-refractivity contribution in [2.75, 3.05) is 7.11 Å². The van der Waals surface area contributed by atoms with E-state index in [0.29, 0.717) is 17.5 Å². The van der Waals surface area contributed by atoms with E-state index < -0.39 is 17.9 Å². The third-order valence-electron chi connectivity index (χ3n) is 3.47. The molecular formula is C18H17F3O4. The van der Waals surface area contributed by atoms with Gasteiger partial charge in [-0.15, -0.1) is 0 Å². The van der Waals surface area contributed by atoms with Crippen molar-refractivity contribution in [1.29, 1.82) is 0 Å². The first-order chi connectivity index (χ1) is 11.8. The van der Waals surface area contributed by atoms with Gasteiger partial charge < -0.3 is 14.2 Å². The number of benzene rings is 2. The van der Waals surface area contributed by atoms with E-state index in [1.807, 2.05) is 0 Å². The van der Waals surface area contributed by atoms with Crippen molar-refractivity contribution >= 4 is 6.16 Å². The molecule has 134 valence electrons. The highest BCUT2D eigenvalue weighted by atomic mass is 19.4. The lowest BCUT2D eigenvalue weighted by Gasteiger charge is -2.16. The average molecular weight is 354 g/mol. The Morgan fingerprint density at radius 3 is 2.44 bits per heavy atom. The standard InChI is InChI=1S/C18H17F3O4/c1-3-12-8-9-16(14(10-12)18(19,20)21)24-11-13-6-4-5-7-15(13)25-17(22)23-2/h4-10H,3,11H2,1-2H3. The zero-order chi connectivity index (χ0) is 18.4. The van der Waals surface area contributed by atoms with Gasteiger partial charge in [-0.2, -0.15) is 13.2 Å². The third kappa shape index (κ3) is 4.89. The van der Waals surface area contributed by atoms with Gasteiger partial charge in [-0.1, -0.05) is 31.2 Å². The third-order valence-corrected chi connectivity index (χ3v) is 3.47. The van der Waals surface area contributed by atoms with E-state index in [-0.39, 0.29) is 18.1 Å². The van der Waals surface area contributed by atoms with Gasteiger partial charge in [0.15, 0.2) is 0 Å². The Bertz CT molecular complexity index is 741. The number of aryl methyl sites for hydroxylation is 1. The number of hydrogen-bond donors (Lipinski definition) is 0. The van der Waals surface area contributed by atoms with Crippen LogP contribution in [0.5, 0.6) is 11.5 Å². The molecule has 0 aliphatic heterocycles. The second-order valence-electron chi connectivity index (χ2n) is 5.13. The number of carbonyl (C=O) groups is 1. The summed E-state index contributed by atoms with van der Waals surface area (Å²) in [6.45, 7) is 1.58. The molecule has 0 bridgehead atoms. The van der Waals surface area contributed by atoms with Crippen molar-refractivity contribution in [3.63, 3.8) is 0 Å². The minimum atomic E-state index is -4.53. The molecule has 0 heterocycles. The van der Waals surface area contributed by atoms with Crippen LogP contribution in [0.15, 0.2) is 42.5 Å². The largest absolute Gasteiger partial charge is 0.513 e. The number of rotatable bonds is 5. The molecule has 2 rings (SSSR count). The predicted molar refractivity (Wildman–Crippen MR) is 84.6 cm³/mol. The molecule has 0 atom stereocenters. The lowest BCUT2D eigenvalue weighted by Crippen LogP contribution is -2.11. The van der Waals surface area contributed by atoms with Crippen molar-refractivity contribution < 1.29 is 32.2 Å². The van der Waals surface area contributed by atoms with Crippen molar-refractivity contribution in [2.45, 2.75) is 26.1 Å². The van der Waals surface area contributed by atoms with E-state index >= 15 is 0 Å². The zero-order valence-electron chi connectivity index (χ0n) is 13.7. The molecule has 0 N–H and O–H groups in total. The highest BCUT2D eigenvalue weighted by Crippen LogP contribution is 2.37. The first kappa shape index (κ1) is 18.6. The molecule has 4 nitrogen and oxygen atoms in total. The fourth-order valence-electron chi connectivity index (χ4n) is 2.15. The molecular weight excluding hydrogens is 337 g/mol. The van der Waals surface area contributed by atoms with Crippen molar-refractivity contribution in [3.8, 4) is 11.5 Å². The Labute approximate surface area is 143 Å². The van der Waals surface area contributed by atoms with Gasteiger partial charge >= 0.3 is 12.3 Å². The monoisotopic (exact) mass is 354 g/mol. The van der Waals surface area contributed by atoms with Gasteiger partial charge in [0, 0.05) is 5.56 Å². The summed E-state index contributed by atoms with van der Waals surface area (Å²) in [5.74, 6) is -0.120. The van der Waals surface area contributed by atoms with E-state index in [0.717, 1.165) is 13.2 Å². The van der Waals surface area contributed by atoms with Crippen LogP contribution in [0.25, 0.3) is 0 Å². The molecule has 2 aromatic carbocycles. The minimum Gasteiger partial charge on any atom is -0.488 e. The Morgan fingerprint density at radius 2 is 1.80 bits per heavy atom. The van der Waals surface area contributed by atoms with Gasteiger partial charge in [-0.25, -0.2) is 4.79 Å². The maximum atomic E-state index is 13.2. The van der Waals surface area contributed by atoms with Crippen LogP contribution >= 0.6 is 0 Å². The smallest absolute Gasteiger partial charge is 0.488 e. The maximum Gasteiger partial charge on any atom is 0.513 e. The van der Waals surface area contributed by atoms with Crippen LogP contribution in [0.2, 0.25) is 0 Å². The van der Waals surface area contributed by atoms with Crippen LogP contribution in [0.4, 0.5) is 18.0 Å². The van der Waals surface area contributed by atoms with E-state index in [1.165, 1.54) is 12.1 Å². The molecule has 0 amide bonds. The van der Waals surface area contributed by atoms with Gasteiger partial charge in [-0.3, -0.25) is 0 Å². The molecule has 0 unspecified atom stereocenters. The molecule has 2 aromatic rings. The summed E-state index contributed by atoms with van der Waals surface area (Å²) in [6.07, 6.45) is -4.96. The summed E-state index contributed by atoms with van der Waals surface area (Å²) in [5.41, 5.74) is 0.146. The topological polar surface area (TPSA) is 44.8 Å². The number of methoxy groups -OCH3 is 1. The number of alkyl halides is 3. The van der Waals surface area contributed by atoms with Gasteiger partial charge in [-0.05, 0) is 30.2 Å². The SMILES string of the molecule is CCc1ccc(OCc2ccccc2OC(=O)OC)c(C(F)(F)F)c1. The highest BCUT2D eigenvalue weighted by Gasteiger charge is 2.34.